The summed E-state index contributed by atoms with van der Waals surface area (Å²) in [5, 5.41) is 3.73. The minimum absolute atomic E-state index is 0.0890. The number of carbonyl (C=O) groups is 1. The average Bonchev–Trinajstić information content (AvgIpc) is 3.14. The van der Waals surface area contributed by atoms with Gasteiger partial charge in [-0.3, -0.25) is 4.79 Å². The van der Waals surface area contributed by atoms with Crippen molar-refractivity contribution < 1.29 is 4.79 Å². The van der Waals surface area contributed by atoms with Gasteiger partial charge >= 0.3 is 0 Å². The number of amides is 1. The predicted octanol–water partition coefficient (Wildman–Crippen LogP) is 4.00. The van der Waals surface area contributed by atoms with Crippen LogP contribution in [0, 0.1) is 0 Å². The van der Waals surface area contributed by atoms with Gasteiger partial charge in [-0.25, -0.2) is 4.98 Å². The number of hydrogen-bond donors (Lipinski definition) is 2. The molecule has 25 heavy (non-hydrogen) atoms. The third kappa shape index (κ3) is 5.36. The number of carbonyl (C=O) groups excluding carboxylic acids is 1. The number of imidazole rings is 1. The second-order valence-corrected chi connectivity index (χ2v) is 6.44. The fraction of sp³-hybridized carbons (Fsp3) is 0.100. The summed E-state index contributed by atoms with van der Waals surface area (Å²) in [5.74, 6) is 0.668. The van der Waals surface area contributed by atoms with Crippen molar-refractivity contribution in [2.75, 3.05) is 12.3 Å². The molecule has 0 aliphatic rings. The van der Waals surface area contributed by atoms with Crippen LogP contribution in [0.4, 0.5) is 0 Å². The summed E-state index contributed by atoms with van der Waals surface area (Å²) in [7, 11) is 0. The van der Waals surface area contributed by atoms with Crippen molar-refractivity contribution in [2.24, 2.45) is 0 Å². The monoisotopic (exact) mass is 349 g/mol. The van der Waals surface area contributed by atoms with Crippen molar-refractivity contribution >= 4 is 23.7 Å². The molecule has 0 radical (unpaired) electrons. The van der Waals surface area contributed by atoms with Gasteiger partial charge in [0.25, 0.3) is 0 Å². The van der Waals surface area contributed by atoms with Crippen LogP contribution < -0.4 is 5.32 Å². The molecule has 0 atom stereocenters. The first-order valence-electron chi connectivity index (χ1n) is 8.05. The second-order valence-electron chi connectivity index (χ2n) is 5.35. The standard InChI is InChI=1S/C20H19N3OS/c24-19(12-11-16-7-3-1-4-8-16)21-13-14-25-20-22-15-18(23-20)17-9-5-2-6-10-17/h1-12,15H,13-14H2,(H,21,24)(H,22,23)/b12-11+. The van der Waals surface area contributed by atoms with E-state index in [9.17, 15) is 4.79 Å². The first-order valence-corrected chi connectivity index (χ1v) is 9.04. The van der Waals surface area contributed by atoms with Crippen LogP contribution in [0.1, 0.15) is 5.56 Å². The SMILES string of the molecule is O=C(/C=C/c1ccccc1)NCCSc1ncc(-c2ccccc2)[nH]1. The lowest BCUT2D eigenvalue weighted by Gasteiger charge is -2.01. The number of nitrogens with one attached hydrogen (secondary N) is 2. The maximum absolute atomic E-state index is 11.8. The summed E-state index contributed by atoms with van der Waals surface area (Å²) in [6.07, 6.45) is 5.19. The third-order valence-electron chi connectivity index (χ3n) is 3.50. The first kappa shape index (κ1) is 17.0. The fourth-order valence-electron chi connectivity index (χ4n) is 2.26. The van der Waals surface area contributed by atoms with Gasteiger partial charge in [0.05, 0.1) is 11.9 Å². The number of benzene rings is 2. The maximum Gasteiger partial charge on any atom is 0.244 e. The van der Waals surface area contributed by atoms with Crippen LogP contribution in [-0.2, 0) is 4.79 Å². The Kier molecular flexibility index (Phi) is 6.06. The molecule has 0 saturated carbocycles. The number of aromatic nitrogens is 2. The fourth-order valence-corrected chi connectivity index (χ4v) is 2.96. The van der Waals surface area contributed by atoms with Crippen LogP contribution in [-0.4, -0.2) is 28.2 Å². The van der Waals surface area contributed by atoms with E-state index < -0.39 is 0 Å². The number of H-pyrrole nitrogens is 1. The van der Waals surface area contributed by atoms with Crippen molar-refractivity contribution in [1.82, 2.24) is 15.3 Å². The van der Waals surface area contributed by atoms with Crippen LogP contribution in [0.25, 0.3) is 17.3 Å². The number of hydrogen-bond acceptors (Lipinski definition) is 3. The van der Waals surface area contributed by atoms with E-state index in [0.717, 1.165) is 27.7 Å². The molecule has 0 aliphatic heterocycles. The normalized spacial score (nSPS) is 10.9. The molecule has 4 nitrogen and oxygen atoms in total. The van der Waals surface area contributed by atoms with E-state index in [-0.39, 0.29) is 5.91 Å². The molecular formula is C20H19N3OS. The van der Waals surface area contributed by atoms with Crippen LogP contribution in [0.3, 0.4) is 0 Å². The Balaban J connectivity index is 1.41. The zero-order valence-electron chi connectivity index (χ0n) is 13.7. The summed E-state index contributed by atoms with van der Waals surface area (Å²) in [5.41, 5.74) is 3.12. The largest absolute Gasteiger partial charge is 0.352 e. The van der Waals surface area contributed by atoms with Gasteiger partial charge in [-0.2, -0.15) is 0 Å². The second kappa shape index (κ2) is 8.89. The molecule has 2 N–H and O–H groups in total. The first-order chi connectivity index (χ1) is 12.3. The summed E-state index contributed by atoms with van der Waals surface area (Å²) in [6.45, 7) is 0.587. The summed E-state index contributed by atoms with van der Waals surface area (Å²) in [6, 6.07) is 19.8. The van der Waals surface area contributed by atoms with E-state index in [1.807, 2.05) is 66.9 Å². The van der Waals surface area contributed by atoms with Crippen molar-refractivity contribution in [3.63, 3.8) is 0 Å². The third-order valence-corrected chi connectivity index (χ3v) is 4.39. The number of rotatable bonds is 7. The van der Waals surface area contributed by atoms with Gasteiger partial charge in [-0.1, -0.05) is 72.4 Å². The lowest BCUT2D eigenvalue weighted by molar-refractivity contribution is -0.116. The Morgan fingerprint density at radius 1 is 1.08 bits per heavy atom. The predicted molar refractivity (Wildman–Crippen MR) is 103 cm³/mol. The van der Waals surface area contributed by atoms with Crippen molar-refractivity contribution in [3.05, 3.63) is 78.5 Å². The minimum atomic E-state index is -0.0890. The Morgan fingerprint density at radius 2 is 1.80 bits per heavy atom. The zero-order valence-corrected chi connectivity index (χ0v) is 14.5. The topological polar surface area (TPSA) is 57.8 Å². The molecule has 0 fully saturated rings. The molecule has 0 unspecified atom stereocenters. The molecular weight excluding hydrogens is 330 g/mol. The van der Waals surface area contributed by atoms with Crippen molar-refractivity contribution in [3.8, 4) is 11.3 Å². The molecule has 0 bridgehead atoms. The van der Waals surface area contributed by atoms with Gasteiger partial charge in [-0.15, -0.1) is 0 Å². The van der Waals surface area contributed by atoms with E-state index in [0.29, 0.717) is 6.54 Å². The number of aromatic amines is 1. The molecule has 1 heterocycles. The van der Waals surface area contributed by atoms with Crippen LogP contribution in [0.15, 0.2) is 78.1 Å². The molecule has 0 saturated heterocycles. The molecule has 5 heteroatoms. The smallest absolute Gasteiger partial charge is 0.244 e. The Labute approximate surface area is 151 Å². The summed E-state index contributed by atoms with van der Waals surface area (Å²) < 4.78 is 0. The van der Waals surface area contributed by atoms with E-state index in [2.05, 4.69) is 15.3 Å². The van der Waals surface area contributed by atoms with Gasteiger partial charge in [0.2, 0.25) is 5.91 Å². The molecule has 126 valence electrons. The highest BCUT2D eigenvalue weighted by Gasteiger charge is 2.03. The molecule has 1 amide bonds. The van der Waals surface area contributed by atoms with Gasteiger partial charge in [0, 0.05) is 18.4 Å². The van der Waals surface area contributed by atoms with E-state index in [4.69, 9.17) is 0 Å². The lowest BCUT2D eigenvalue weighted by atomic mass is 10.2. The molecule has 0 aliphatic carbocycles. The molecule has 2 aromatic carbocycles. The van der Waals surface area contributed by atoms with Crippen LogP contribution >= 0.6 is 11.8 Å². The zero-order chi connectivity index (χ0) is 17.3. The molecule has 3 aromatic rings. The summed E-state index contributed by atoms with van der Waals surface area (Å²) in [4.78, 5) is 19.4. The average molecular weight is 349 g/mol. The number of thioether (sulfide) groups is 1. The highest BCUT2D eigenvalue weighted by atomic mass is 32.2. The molecule has 0 spiro atoms. The van der Waals surface area contributed by atoms with E-state index >= 15 is 0 Å². The minimum Gasteiger partial charge on any atom is -0.352 e. The maximum atomic E-state index is 11.8. The lowest BCUT2D eigenvalue weighted by Crippen LogP contribution is -2.23. The van der Waals surface area contributed by atoms with Crippen molar-refractivity contribution in [2.45, 2.75) is 5.16 Å². The van der Waals surface area contributed by atoms with Crippen LogP contribution in [0.2, 0.25) is 0 Å². The quantitative estimate of drug-likeness (QED) is 0.385. The van der Waals surface area contributed by atoms with Crippen molar-refractivity contribution in [1.29, 1.82) is 0 Å². The van der Waals surface area contributed by atoms with Gasteiger partial charge in [-0.05, 0) is 17.2 Å². The molecule has 1 aromatic heterocycles. The van der Waals surface area contributed by atoms with Gasteiger partial charge in [0.15, 0.2) is 5.16 Å². The highest BCUT2D eigenvalue weighted by Crippen LogP contribution is 2.20. The molecule has 3 rings (SSSR count). The van der Waals surface area contributed by atoms with Gasteiger partial charge in [0.1, 0.15) is 0 Å². The van der Waals surface area contributed by atoms with Crippen LogP contribution in [0.5, 0.6) is 0 Å². The van der Waals surface area contributed by atoms with E-state index in [1.165, 1.54) is 0 Å². The Morgan fingerprint density at radius 3 is 2.56 bits per heavy atom. The summed E-state index contributed by atoms with van der Waals surface area (Å²) >= 11 is 1.59. The Bertz CT molecular complexity index is 828. The van der Waals surface area contributed by atoms with Gasteiger partial charge < -0.3 is 10.3 Å². The number of nitrogens with zero attached hydrogens (tertiary/aromatic N) is 1. The Hall–Kier alpha value is -2.79. The van der Waals surface area contributed by atoms with E-state index in [1.54, 1.807) is 23.9 Å². The highest BCUT2D eigenvalue weighted by molar-refractivity contribution is 7.99.